The fourth-order valence-corrected chi connectivity index (χ4v) is 3.08. The molecule has 1 aliphatic heterocycles. The molecule has 3 rings (SSSR count). The van der Waals surface area contributed by atoms with Crippen LogP contribution in [0.25, 0.3) is 0 Å². The lowest BCUT2D eigenvalue weighted by Crippen LogP contribution is -2.47. The summed E-state index contributed by atoms with van der Waals surface area (Å²) in [5.74, 6) is 0. The van der Waals surface area contributed by atoms with Gasteiger partial charge in [-0.1, -0.05) is 48.0 Å². The van der Waals surface area contributed by atoms with Crippen molar-refractivity contribution in [3.8, 4) is 6.07 Å². The minimum atomic E-state index is -0.141. The molecular formula is C19H21N3. The van der Waals surface area contributed by atoms with Crippen molar-refractivity contribution in [3.05, 3.63) is 65.7 Å². The highest BCUT2D eigenvalue weighted by molar-refractivity contribution is 5.46. The van der Waals surface area contributed by atoms with Crippen LogP contribution < -0.4 is 4.90 Å². The van der Waals surface area contributed by atoms with Crippen LogP contribution in [-0.4, -0.2) is 31.1 Å². The second-order valence-electron chi connectivity index (χ2n) is 5.80. The molecule has 112 valence electrons. The van der Waals surface area contributed by atoms with Crippen LogP contribution in [0.4, 0.5) is 5.69 Å². The standard InChI is InChI=1S/C19H21N3/c1-16-6-5-7-17(14-16)19(15-20)22-12-10-21(11-13-22)18-8-3-2-4-9-18/h2-9,14,19H,10-13H2,1H3. The smallest absolute Gasteiger partial charge is 0.123 e. The Kier molecular flexibility index (Phi) is 4.41. The Morgan fingerprint density at radius 3 is 2.32 bits per heavy atom. The number of piperazine rings is 1. The summed E-state index contributed by atoms with van der Waals surface area (Å²) in [6, 6.07) is 21.1. The van der Waals surface area contributed by atoms with E-state index in [9.17, 15) is 5.26 Å². The Hall–Kier alpha value is -2.31. The topological polar surface area (TPSA) is 30.3 Å². The molecule has 0 bridgehead atoms. The van der Waals surface area contributed by atoms with E-state index in [1.165, 1.54) is 11.3 Å². The highest BCUT2D eigenvalue weighted by atomic mass is 15.3. The third-order valence-corrected chi connectivity index (χ3v) is 4.28. The van der Waals surface area contributed by atoms with E-state index in [1.807, 2.05) is 12.1 Å². The second-order valence-corrected chi connectivity index (χ2v) is 5.80. The summed E-state index contributed by atoms with van der Waals surface area (Å²) >= 11 is 0. The van der Waals surface area contributed by atoms with Gasteiger partial charge >= 0.3 is 0 Å². The SMILES string of the molecule is Cc1cccc(C(C#N)N2CCN(c3ccccc3)CC2)c1. The summed E-state index contributed by atoms with van der Waals surface area (Å²) in [6.45, 7) is 5.84. The first kappa shape index (κ1) is 14.6. The van der Waals surface area contributed by atoms with Crippen molar-refractivity contribution in [3.63, 3.8) is 0 Å². The minimum Gasteiger partial charge on any atom is -0.369 e. The van der Waals surface area contributed by atoms with E-state index in [4.69, 9.17) is 0 Å². The first-order chi connectivity index (χ1) is 10.8. The van der Waals surface area contributed by atoms with Crippen LogP contribution in [-0.2, 0) is 0 Å². The van der Waals surface area contributed by atoms with E-state index in [0.717, 1.165) is 31.7 Å². The number of hydrogen-bond donors (Lipinski definition) is 0. The zero-order valence-electron chi connectivity index (χ0n) is 12.9. The van der Waals surface area contributed by atoms with E-state index in [0.29, 0.717) is 0 Å². The molecule has 1 fully saturated rings. The Bertz CT molecular complexity index is 652. The van der Waals surface area contributed by atoms with Gasteiger partial charge in [0.05, 0.1) is 6.07 Å². The van der Waals surface area contributed by atoms with Crippen molar-refractivity contribution in [2.75, 3.05) is 31.1 Å². The second kappa shape index (κ2) is 6.64. The van der Waals surface area contributed by atoms with Crippen LogP contribution in [0.3, 0.4) is 0 Å². The molecule has 0 amide bonds. The van der Waals surface area contributed by atoms with Gasteiger partial charge in [0.25, 0.3) is 0 Å². The number of hydrogen-bond acceptors (Lipinski definition) is 3. The zero-order valence-corrected chi connectivity index (χ0v) is 12.9. The molecule has 0 spiro atoms. The Balaban J connectivity index is 1.69. The van der Waals surface area contributed by atoms with Crippen LogP contribution in [0.5, 0.6) is 0 Å². The van der Waals surface area contributed by atoms with Gasteiger partial charge in [-0.15, -0.1) is 0 Å². The predicted molar refractivity (Wildman–Crippen MR) is 89.8 cm³/mol. The molecule has 0 aliphatic carbocycles. The number of para-hydroxylation sites is 1. The van der Waals surface area contributed by atoms with Crippen molar-refractivity contribution in [2.24, 2.45) is 0 Å². The van der Waals surface area contributed by atoms with Crippen LogP contribution in [0.15, 0.2) is 54.6 Å². The molecular weight excluding hydrogens is 270 g/mol. The molecule has 0 N–H and O–H groups in total. The number of benzene rings is 2. The molecule has 0 aromatic heterocycles. The average Bonchev–Trinajstić information content (AvgIpc) is 2.57. The normalized spacial score (nSPS) is 17.0. The summed E-state index contributed by atoms with van der Waals surface area (Å²) in [5.41, 5.74) is 3.59. The van der Waals surface area contributed by atoms with E-state index < -0.39 is 0 Å². The van der Waals surface area contributed by atoms with Gasteiger partial charge in [0, 0.05) is 31.9 Å². The Labute approximate surface area is 132 Å². The van der Waals surface area contributed by atoms with Gasteiger partial charge in [0.2, 0.25) is 0 Å². The number of nitriles is 1. The molecule has 3 heteroatoms. The van der Waals surface area contributed by atoms with Crippen molar-refractivity contribution >= 4 is 5.69 Å². The fourth-order valence-electron chi connectivity index (χ4n) is 3.08. The molecule has 2 aromatic rings. The van der Waals surface area contributed by atoms with E-state index >= 15 is 0 Å². The lowest BCUT2D eigenvalue weighted by molar-refractivity contribution is 0.222. The molecule has 0 radical (unpaired) electrons. The van der Waals surface area contributed by atoms with E-state index in [1.54, 1.807) is 0 Å². The first-order valence-electron chi connectivity index (χ1n) is 7.78. The average molecular weight is 291 g/mol. The van der Waals surface area contributed by atoms with Crippen LogP contribution >= 0.6 is 0 Å². The number of rotatable bonds is 3. The summed E-state index contributed by atoms with van der Waals surface area (Å²) in [6.07, 6.45) is 0. The molecule has 0 saturated carbocycles. The van der Waals surface area contributed by atoms with Gasteiger partial charge in [0.15, 0.2) is 0 Å². The zero-order chi connectivity index (χ0) is 15.4. The highest BCUT2D eigenvalue weighted by Crippen LogP contribution is 2.24. The van der Waals surface area contributed by atoms with Crippen molar-refractivity contribution in [1.82, 2.24) is 4.90 Å². The largest absolute Gasteiger partial charge is 0.369 e. The van der Waals surface area contributed by atoms with Gasteiger partial charge in [-0.05, 0) is 24.6 Å². The lowest BCUT2D eigenvalue weighted by Gasteiger charge is -2.38. The minimum absolute atomic E-state index is 0.141. The summed E-state index contributed by atoms with van der Waals surface area (Å²) in [5, 5.41) is 9.60. The molecule has 1 atom stereocenters. The maximum atomic E-state index is 9.60. The van der Waals surface area contributed by atoms with Gasteiger partial charge in [-0.2, -0.15) is 5.26 Å². The van der Waals surface area contributed by atoms with Crippen molar-refractivity contribution in [2.45, 2.75) is 13.0 Å². The molecule has 1 aliphatic rings. The molecule has 2 aromatic carbocycles. The van der Waals surface area contributed by atoms with Crippen LogP contribution in [0, 0.1) is 18.3 Å². The third kappa shape index (κ3) is 3.13. The molecule has 3 nitrogen and oxygen atoms in total. The van der Waals surface area contributed by atoms with Crippen molar-refractivity contribution < 1.29 is 0 Å². The van der Waals surface area contributed by atoms with Gasteiger partial charge in [-0.25, -0.2) is 0 Å². The van der Waals surface area contributed by atoms with E-state index in [2.05, 4.69) is 65.3 Å². The maximum Gasteiger partial charge on any atom is 0.123 e. The first-order valence-corrected chi connectivity index (χ1v) is 7.78. The fraction of sp³-hybridized carbons (Fsp3) is 0.316. The molecule has 1 unspecified atom stereocenters. The summed E-state index contributed by atoms with van der Waals surface area (Å²) < 4.78 is 0. The van der Waals surface area contributed by atoms with Crippen LogP contribution in [0.2, 0.25) is 0 Å². The summed E-state index contributed by atoms with van der Waals surface area (Å²) in [4.78, 5) is 4.68. The van der Waals surface area contributed by atoms with Gasteiger partial charge in [0.1, 0.15) is 6.04 Å². The molecule has 1 heterocycles. The van der Waals surface area contributed by atoms with Gasteiger partial charge in [-0.3, -0.25) is 4.90 Å². The van der Waals surface area contributed by atoms with Crippen LogP contribution in [0.1, 0.15) is 17.2 Å². The number of nitrogens with zero attached hydrogens (tertiary/aromatic N) is 3. The number of anilines is 1. The van der Waals surface area contributed by atoms with Gasteiger partial charge < -0.3 is 4.90 Å². The maximum absolute atomic E-state index is 9.60. The van der Waals surface area contributed by atoms with E-state index in [-0.39, 0.29) is 6.04 Å². The molecule has 1 saturated heterocycles. The lowest BCUT2D eigenvalue weighted by atomic mass is 10.0. The van der Waals surface area contributed by atoms with Crippen molar-refractivity contribution in [1.29, 1.82) is 5.26 Å². The predicted octanol–water partition coefficient (Wildman–Crippen LogP) is 3.38. The molecule has 22 heavy (non-hydrogen) atoms. The Morgan fingerprint density at radius 1 is 0.955 bits per heavy atom. The quantitative estimate of drug-likeness (QED) is 0.868. The monoisotopic (exact) mass is 291 g/mol. The number of aryl methyl sites for hydroxylation is 1. The Morgan fingerprint density at radius 2 is 1.68 bits per heavy atom. The summed E-state index contributed by atoms with van der Waals surface area (Å²) in [7, 11) is 0. The third-order valence-electron chi connectivity index (χ3n) is 4.28. The highest BCUT2D eigenvalue weighted by Gasteiger charge is 2.25.